The lowest BCUT2D eigenvalue weighted by atomic mass is 10.1. The van der Waals surface area contributed by atoms with Crippen molar-refractivity contribution in [3.63, 3.8) is 0 Å². The predicted octanol–water partition coefficient (Wildman–Crippen LogP) is 6.32. The summed E-state index contributed by atoms with van der Waals surface area (Å²) in [5.41, 5.74) is 0. The Kier molecular flexibility index (Phi) is 23.1. The van der Waals surface area contributed by atoms with Gasteiger partial charge in [0.1, 0.15) is 19.8 Å². The first kappa shape index (κ1) is 38.0. The van der Waals surface area contributed by atoms with Crippen LogP contribution in [0, 0.1) is 0 Å². The van der Waals surface area contributed by atoms with Crippen LogP contribution in [0.2, 0.25) is 0 Å². The van der Waals surface area contributed by atoms with E-state index in [1.54, 1.807) is 0 Å². The molecule has 0 amide bonds. The number of carbonyl (C=O) groups is 2. The molecule has 0 N–H and O–H groups in total. The lowest BCUT2D eigenvalue weighted by Crippen LogP contribution is -2.37. The van der Waals surface area contributed by atoms with Crippen molar-refractivity contribution in [1.82, 2.24) is 0 Å². The molecule has 0 aromatic rings. The van der Waals surface area contributed by atoms with E-state index in [1.165, 1.54) is 51.4 Å². The summed E-state index contributed by atoms with van der Waals surface area (Å²) in [4.78, 5) is 36.6. The van der Waals surface area contributed by atoms with Crippen LogP contribution in [0.4, 0.5) is 0 Å². The Hall–Kier alpha value is -0.990. The maximum Gasteiger partial charge on any atom is 0.306 e. The fourth-order valence-electron chi connectivity index (χ4n) is 3.89. The summed E-state index contributed by atoms with van der Waals surface area (Å²) >= 11 is 0. The number of nitrogens with zero attached hydrogens (tertiary/aromatic N) is 1. The lowest BCUT2D eigenvalue weighted by molar-refractivity contribution is -0.870. The summed E-state index contributed by atoms with van der Waals surface area (Å²) in [6.45, 7) is 4.05. The summed E-state index contributed by atoms with van der Waals surface area (Å²) in [5, 5.41) is 0. The molecule has 0 heterocycles. The Morgan fingerprint density at radius 3 is 1.67 bits per heavy atom. The van der Waals surface area contributed by atoms with Gasteiger partial charge in [-0.05, 0) is 12.8 Å². The molecule has 232 valence electrons. The average Bonchev–Trinajstić information content (AvgIpc) is 2.86. The van der Waals surface area contributed by atoms with E-state index in [-0.39, 0.29) is 26.1 Å². The minimum absolute atomic E-state index is 0.0274. The Morgan fingerprint density at radius 2 is 1.15 bits per heavy atom. The van der Waals surface area contributed by atoms with Gasteiger partial charge in [0.15, 0.2) is 6.10 Å². The molecule has 2 atom stereocenters. The van der Waals surface area contributed by atoms with E-state index in [9.17, 15) is 19.0 Å². The van der Waals surface area contributed by atoms with Crippen molar-refractivity contribution in [1.29, 1.82) is 0 Å². The number of phosphoric acid groups is 1. The van der Waals surface area contributed by atoms with Crippen LogP contribution < -0.4 is 4.89 Å². The molecule has 0 fully saturated rings. The van der Waals surface area contributed by atoms with Gasteiger partial charge in [0, 0.05) is 12.8 Å². The third-order valence-corrected chi connectivity index (χ3v) is 7.34. The van der Waals surface area contributed by atoms with Crippen LogP contribution in [-0.4, -0.2) is 70.0 Å². The van der Waals surface area contributed by atoms with Gasteiger partial charge in [0.05, 0.1) is 27.7 Å². The largest absolute Gasteiger partial charge is 0.756 e. The van der Waals surface area contributed by atoms with Gasteiger partial charge in [-0.25, -0.2) is 0 Å². The zero-order chi connectivity index (χ0) is 29.4. The molecular formula is C29H58NO8P. The summed E-state index contributed by atoms with van der Waals surface area (Å²) < 4.78 is 33.3. The second-order valence-corrected chi connectivity index (χ2v) is 12.9. The number of likely N-dealkylation sites (N-methyl/N-ethyl adjacent to an activating group) is 1. The van der Waals surface area contributed by atoms with Gasteiger partial charge in [-0.1, -0.05) is 97.3 Å². The Bertz CT molecular complexity index is 668. The fraction of sp³-hybridized carbons (Fsp3) is 0.931. The van der Waals surface area contributed by atoms with E-state index >= 15 is 0 Å². The van der Waals surface area contributed by atoms with Gasteiger partial charge >= 0.3 is 11.9 Å². The van der Waals surface area contributed by atoms with Crippen LogP contribution in [0.15, 0.2) is 0 Å². The monoisotopic (exact) mass is 579 g/mol. The topological polar surface area (TPSA) is 111 Å². The number of phosphoric ester groups is 1. The number of hydrogen-bond donors (Lipinski definition) is 0. The van der Waals surface area contributed by atoms with Gasteiger partial charge in [-0.3, -0.25) is 14.2 Å². The van der Waals surface area contributed by atoms with E-state index in [1.807, 2.05) is 21.1 Å². The van der Waals surface area contributed by atoms with E-state index < -0.39 is 32.5 Å². The number of ether oxygens (including phenoxy) is 2. The SMILES string of the molecule is CCCCCCCCCCCCCC(=O)OC(COC(=O)CCCCCC)COP(=O)([O-])OCC[N+](C)(C)C. The van der Waals surface area contributed by atoms with E-state index in [0.29, 0.717) is 17.4 Å². The third-order valence-electron chi connectivity index (χ3n) is 6.38. The Balaban J connectivity index is 4.46. The molecule has 0 aliphatic rings. The molecule has 0 aliphatic carbocycles. The molecule has 0 aromatic carbocycles. The summed E-state index contributed by atoms with van der Waals surface area (Å²) in [5.74, 6) is -0.854. The predicted molar refractivity (Wildman–Crippen MR) is 153 cm³/mol. The molecule has 0 bridgehead atoms. The highest BCUT2D eigenvalue weighted by atomic mass is 31.2. The number of rotatable bonds is 27. The van der Waals surface area contributed by atoms with Gasteiger partial charge in [-0.15, -0.1) is 0 Å². The third kappa shape index (κ3) is 27.0. The highest BCUT2D eigenvalue weighted by Crippen LogP contribution is 2.38. The summed E-state index contributed by atoms with van der Waals surface area (Å²) in [6.07, 6.45) is 16.2. The van der Waals surface area contributed by atoms with E-state index in [2.05, 4.69) is 13.8 Å². The van der Waals surface area contributed by atoms with Crippen molar-refractivity contribution in [2.45, 2.75) is 129 Å². The molecule has 39 heavy (non-hydrogen) atoms. The maximum atomic E-state index is 12.4. The van der Waals surface area contributed by atoms with Crippen LogP contribution in [0.25, 0.3) is 0 Å². The van der Waals surface area contributed by atoms with Crippen molar-refractivity contribution in [2.75, 3.05) is 47.5 Å². The van der Waals surface area contributed by atoms with Crippen LogP contribution in [0.3, 0.4) is 0 Å². The number of hydrogen-bond acceptors (Lipinski definition) is 8. The van der Waals surface area contributed by atoms with Gasteiger partial charge in [-0.2, -0.15) is 0 Å². The van der Waals surface area contributed by atoms with Crippen LogP contribution >= 0.6 is 7.82 Å². The lowest BCUT2D eigenvalue weighted by Gasteiger charge is -2.28. The summed E-state index contributed by atoms with van der Waals surface area (Å²) in [6, 6.07) is 0. The molecule has 9 nitrogen and oxygen atoms in total. The van der Waals surface area contributed by atoms with Crippen LogP contribution in [0.1, 0.15) is 123 Å². The number of quaternary nitrogens is 1. The van der Waals surface area contributed by atoms with Crippen molar-refractivity contribution in [3.05, 3.63) is 0 Å². The first-order valence-electron chi connectivity index (χ1n) is 15.2. The second-order valence-electron chi connectivity index (χ2n) is 11.5. The Labute approximate surface area is 238 Å². The molecule has 2 unspecified atom stereocenters. The van der Waals surface area contributed by atoms with Gasteiger partial charge < -0.3 is 27.9 Å². The number of unbranched alkanes of at least 4 members (excludes halogenated alkanes) is 13. The second kappa shape index (κ2) is 23.7. The smallest absolute Gasteiger partial charge is 0.306 e. The Morgan fingerprint density at radius 1 is 0.692 bits per heavy atom. The quantitative estimate of drug-likeness (QED) is 0.0481. The molecule has 0 aliphatic heterocycles. The van der Waals surface area contributed by atoms with Crippen molar-refractivity contribution >= 4 is 19.8 Å². The van der Waals surface area contributed by atoms with Crippen molar-refractivity contribution < 1.29 is 42.1 Å². The highest BCUT2D eigenvalue weighted by Gasteiger charge is 2.21. The van der Waals surface area contributed by atoms with Crippen LogP contribution in [-0.2, 0) is 32.7 Å². The molecule has 0 saturated heterocycles. The van der Waals surface area contributed by atoms with E-state index in [0.717, 1.165) is 38.5 Å². The van der Waals surface area contributed by atoms with Gasteiger partial charge in [0.2, 0.25) is 0 Å². The van der Waals surface area contributed by atoms with Crippen molar-refractivity contribution in [3.8, 4) is 0 Å². The zero-order valence-electron chi connectivity index (χ0n) is 25.6. The van der Waals surface area contributed by atoms with Crippen molar-refractivity contribution in [2.24, 2.45) is 0 Å². The van der Waals surface area contributed by atoms with E-state index in [4.69, 9.17) is 18.5 Å². The molecular weight excluding hydrogens is 521 g/mol. The normalized spacial score (nSPS) is 14.1. The first-order valence-corrected chi connectivity index (χ1v) is 16.7. The standard InChI is InChI=1S/C29H58NO8P/c1-6-8-10-12-13-14-15-16-17-18-20-22-29(32)38-27(25-35-28(31)21-19-11-9-7-2)26-37-39(33,34)36-24-23-30(3,4)5/h27H,6-26H2,1-5H3. The van der Waals surface area contributed by atoms with Gasteiger partial charge in [0.25, 0.3) is 7.82 Å². The fourth-order valence-corrected chi connectivity index (χ4v) is 4.62. The molecule has 10 heteroatoms. The molecule has 0 rings (SSSR count). The molecule has 0 spiro atoms. The molecule has 0 radical (unpaired) electrons. The van der Waals surface area contributed by atoms with Crippen LogP contribution in [0.5, 0.6) is 0 Å². The number of esters is 2. The maximum absolute atomic E-state index is 12.4. The average molecular weight is 580 g/mol. The first-order chi connectivity index (χ1) is 18.5. The minimum Gasteiger partial charge on any atom is -0.756 e. The summed E-state index contributed by atoms with van der Waals surface area (Å²) in [7, 11) is 1.17. The molecule has 0 saturated carbocycles. The minimum atomic E-state index is -4.59. The highest BCUT2D eigenvalue weighted by molar-refractivity contribution is 7.45. The molecule has 0 aromatic heterocycles. The number of carbonyl (C=O) groups excluding carboxylic acids is 2. The zero-order valence-corrected chi connectivity index (χ0v) is 26.5.